The number of hydrogen-bond acceptors (Lipinski definition) is 6. The Hall–Kier alpha value is -3.26. The van der Waals surface area contributed by atoms with Gasteiger partial charge in [0.15, 0.2) is 0 Å². The van der Waals surface area contributed by atoms with Gasteiger partial charge in [-0.15, -0.1) is 0 Å². The van der Waals surface area contributed by atoms with E-state index in [2.05, 4.69) is 4.98 Å². The Balaban J connectivity index is 1.51. The van der Waals surface area contributed by atoms with Crippen LogP contribution >= 0.6 is 0 Å². The Morgan fingerprint density at radius 3 is 2.77 bits per heavy atom. The smallest absolute Gasteiger partial charge is 0.251 e. The Bertz CT molecular complexity index is 1120. The van der Waals surface area contributed by atoms with E-state index in [-0.39, 0.29) is 17.9 Å². The lowest BCUT2D eigenvalue weighted by Crippen LogP contribution is -2.44. The number of likely N-dealkylation sites (tertiary alicyclic amines) is 1. The van der Waals surface area contributed by atoms with Gasteiger partial charge in [-0.2, -0.15) is 0 Å². The molecule has 31 heavy (non-hydrogen) atoms. The van der Waals surface area contributed by atoms with Crippen LogP contribution in [0.5, 0.6) is 0 Å². The van der Waals surface area contributed by atoms with E-state index in [4.69, 9.17) is 15.5 Å². The van der Waals surface area contributed by atoms with Crippen LogP contribution in [0.25, 0.3) is 16.8 Å². The number of carbonyl (C=O) groups excluding carboxylic acids is 2. The lowest BCUT2D eigenvalue weighted by molar-refractivity contribution is -0.142. The fraction of sp³-hybridized carbons (Fsp3) is 0.391. The number of aromatic nitrogens is 3. The predicted octanol–water partition coefficient (Wildman–Crippen LogP) is 2.68. The number of benzene rings is 1. The molecule has 1 amide bonds. The second-order valence-electron chi connectivity index (χ2n) is 8.21. The van der Waals surface area contributed by atoms with Crippen molar-refractivity contribution in [1.29, 1.82) is 0 Å². The third-order valence-electron chi connectivity index (χ3n) is 6.23. The summed E-state index contributed by atoms with van der Waals surface area (Å²) in [7, 11) is 0. The van der Waals surface area contributed by atoms with Crippen molar-refractivity contribution in [3.05, 3.63) is 48.0 Å². The Morgan fingerprint density at radius 2 is 2.03 bits per heavy atom. The number of hydrogen-bond donors (Lipinski definition) is 1. The number of aldehydes is 1. The van der Waals surface area contributed by atoms with Crippen LogP contribution in [-0.4, -0.2) is 57.3 Å². The van der Waals surface area contributed by atoms with Gasteiger partial charge in [-0.05, 0) is 25.7 Å². The molecular weight excluding hydrogens is 394 g/mol. The van der Waals surface area contributed by atoms with E-state index in [1.165, 1.54) is 0 Å². The molecular formula is C23H25N5O3. The highest BCUT2D eigenvalue weighted by Gasteiger charge is 2.33. The monoisotopic (exact) mass is 419 g/mol. The highest BCUT2D eigenvalue weighted by atomic mass is 16.5. The van der Waals surface area contributed by atoms with Gasteiger partial charge < -0.3 is 15.4 Å². The third kappa shape index (κ3) is 3.57. The highest BCUT2D eigenvalue weighted by molar-refractivity contribution is 5.86. The van der Waals surface area contributed by atoms with Gasteiger partial charge in [0.1, 0.15) is 35.2 Å². The number of nitrogen functional groups attached to an aromatic ring is 1. The molecule has 2 aliphatic heterocycles. The fourth-order valence-electron chi connectivity index (χ4n) is 4.66. The fourth-order valence-corrected chi connectivity index (χ4v) is 4.66. The van der Waals surface area contributed by atoms with Gasteiger partial charge in [-0.1, -0.05) is 24.3 Å². The maximum Gasteiger partial charge on any atom is 0.251 e. The molecule has 2 N–H and O–H groups in total. The summed E-state index contributed by atoms with van der Waals surface area (Å²) in [6, 6.07) is 7.28. The van der Waals surface area contributed by atoms with Crippen LogP contribution in [0, 0.1) is 0 Å². The molecule has 4 heterocycles. The predicted molar refractivity (Wildman–Crippen MR) is 116 cm³/mol. The van der Waals surface area contributed by atoms with Crippen LogP contribution < -0.4 is 5.73 Å². The average Bonchev–Trinajstić information content (AvgIpc) is 3.48. The average molecular weight is 419 g/mol. The molecule has 0 bridgehead atoms. The molecule has 2 unspecified atom stereocenters. The summed E-state index contributed by atoms with van der Waals surface area (Å²) < 4.78 is 7.61. The SMILES string of the molecule is Nc1nccn2c(C3CCCN(C(=O)C4CCCO4)C3)nc(-c3ccc(C=O)cc3)c12. The molecule has 2 aromatic heterocycles. The van der Waals surface area contributed by atoms with E-state index in [0.717, 1.165) is 61.1 Å². The Kier molecular flexibility index (Phi) is 5.15. The number of ether oxygens (including phenoxy) is 1. The topological polar surface area (TPSA) is 103 Å². The maximum atomic E-state index is 12.9. The molecule has 0 saturated carbocycles. The minimum absolute atomic E-state index is 0.0916. The molecule has 2 fully saturated rings. The standard InChI is InChI=1S/C23H25N5O3/c24-21-20-19(16-7-5-15(14-29)6-8-16)26-22(28(20)11-9-25-21)17-3-1-10-27(13-17)23(30)18-4-2-12-31-18/h5-9,11,14,17-18H,1-4,10,12-13H2,(H2,24,25). The molecule has 0 aliphatic carbocycles. The first kappa shape index (κ1) is 19.7. The van der Waals surface area contributed by atoms with Crippen LogP contribution in [0.4, 0.5) is 5.82 Å². The van der Waals surface area contributed by atoms with Crippen molar-refractivity contribution in [2.75, 3.05) is 25.4 Å². The van der Waals surface area contributed by atoms with Gasteiger partial charge in [0.25, 0.3) is 5.91 Å². The zero-order valence-corrected chi connectivity index (χ0v) is 17.2. The first-order valence-electron chi connectivity index (χ1n) is 10.7. The molecule has 2 saturated heterocycles. The summed E-state index contributed by atoms with van der Waals surface area (Å²) in [5, 5.41) is 0. The van der Waals surface area contributed by atoms with Gasteiger partial charge in [0.05, 0.1) is 0 Å². The molecule has 0 radical (unpaired) electrons. The first-order chi connectivity index (χ1) is 15.2. The summed E-state index contributed by atoms with van der Waals surface area (Å²) in [4.78, 5) is 35.1. The number of nitrogens with two attached hydrogens (primary N) is 1. The molecule has 2 aliphatic rings. The second-order valence-corrected chi connectivity index (χ2v) is 8.21. The van der Waals surface area contributed by atoms with Crippen molar-refractivity contribution in [1.82, 2.24) is 19.3 Å². The summed E-state index contributed by atoms with van der Waals surface area (Å²) in [5.41, 5.74) is 9.21. The van der Waals surface area contributed by atoms with E-state index >= 15 is 0 Å². The van der Waals surface area contributed by atoms with E-state index in [1.54, 1.807) is 18.3 Å². The van der Waals surface area contributed by atoms with Crippen molar-refractivity contribution in [2.45, 2.75) is 37.7 Å². The largest absolute Gasteiger partial charge is 0.382 e. The molecule has 2 atom stereocenters. The van der Waals surface area contributed by atoms with Crippen LogP contribution in [-0.2, 0) is 9.53 Å². The summed E-state index contributed by atoms with van der Waals surface area (Å²) >= 11 is 0. The first-order valence-corrected chi connectivity index (χ1v) is 10.7. The number of anilines is 1. The molecule has 0 spiro atoms. The van der Waals surface area contributed by atoms with Crippen molar-refractivity contribution in [3.63, 3.8) is 0 Å². The number of imidazole rings is 1. The summed E-state index contributed by atoms with van der Waals surface area (Å²) in [6.45, 7) is 2.03. The van der Waals surface area contributed by atoms with Crippen LogP contribution in [0.1, 0.15) is 47.8 Å². The van der Waals surface area contributed by atoms with Crippen LogP contribution in [0.15, 0.2) is 36.7 Å². The van der Waals surface area contributed by atoms with Crippen molar-refractivity contribution in [3.8, 4) is 11.3 Å². The molecule has 1 aromatic carbocycles. The van der Waals surface area contributed by atoms with Gasteiger partial charge in [0.2, 0.25) is 0 Å². The molecule has 5 rings (SSSR count). The van der Waals surface area contributed by atoms with Gasteiger partial charge in [0, 0.05) is 49.1 Å². The number of nitrogens with zero attached hydrogens (tertiary/aromatic N) is 4. The molecule has 8 nitrogen and oxygen atoms in total. The van der Waals surface area contributed by atoms with Crippen molar-refractivity contribution in [2.24, 2.45) is 0 Å². The minimum Gasteiger partial charge on any atom is -0.382 e. The second kappa shape index (κ2) is 8.11. The number of carbonyl (C=O) groups is 2. The quantitative estimate of drug-likeness (QED) is 0.652. The van der Waals surface area contributed by atoms with Gasteiger partial charge >= 0.3 is 0 Å². The van der Waals surface area contributed by atoms with Gasteiger partial charge in [-0.3, -0.25) is 14.0 Å². The molecule has 8 heteroatoms. The van der Waals surface area contributed by atoms with Crippen LogP contribution in [0.2, 0.25) is 0 Å². The van der Waals surface area contributed by atoms with Crippen LogP contribution in [0.3, 0.4) is 0 Å². The van der Waals surface area contributed by atoms with E-state index in [0.29, 0.717) is 24.5 Å². The zero-order valence-electron chi connectivity index (χ0n) is 17.2. The van der Waals surface area contributed by atoms with E-state index in [9.17, 15) is 9.59 Å². The number of fused-ring (bicyclic) bond motifs is 1. The van der Waals surface area contributed by atoms with Gasteiger partial charge in [-0.25, -0.2) is 9.97 Å². The number of piperidine rings is 1. The Morgan fingerprint density at radius 1 is 1.19 bits per heavy atom. The third-order valence-corrected chi connectivity index (χ3v) is 6.23. The lowest BCUT2D eigenvalue weighted by atomic mass is 9.96. The number of rotatable bonds is 4. The normalized spacial score (nSPS) is 21.5. The Labute approximate surface area is 180 Å². The maximum absolute atomic E-state index is 12.9. The van der Waals surface area contributed by atoms with E-state index in [1.807, 2.05) is 27.6 Å². The lowest BCUT2D eigenvalue weighted by Gasteiger charge is -2.33. The molecule has 160 valence electrons. The van der Waals surface area contributed by atoms with E-state index < -0.39 is 0 Å². The van der Waals surface area contributed by atoms with Crippen molar-refractivity contribution < 1.29 is 14.3 Å². The summed E-state index contributed by atoms with van der Waals surface area (Å²) in [5.74, 6) is 1.47. The molecule has 3 aromatic rings. The minimum atomic E-state index is -0.303. The zero-order chi connectivity index (χ0) is 21.4. The summed E-state index contributed by atoms with van der Waals surface area (Å²) in [6.07, 6.45) is 7.66. The highest BCUT2D eigenvalue weighted by Crippen LogP contribution is 2.34. The van der Waals surface area contributed by atoms with Crippen molar-refractivity contribution >= 4 is 23.5 Å². The number of amides is 1.